The molecule has 0 bridgehead atoms. The number of ketones is 8. The second kappa shape index (κ2) is 25.8. The van der Waals surface area contributed by atoms with Gasteiger partial charge < -0.3 is 39.5 Å². The van der Waals surface area contributed by atoms with E-state index in [1.165, 1.54) is 12.1 Å². The van der Waals surface area contributed by atoms with Gasteiger partial charge in [-0.1, -0.05) is 139 Å². The van der Waals surface area contributed by atoms with Crippen molar-refractivity contribution < 1.29 is 70.7 Å². The number of nitrogens with one attached hydrogen (secondary N) is 4. The zero-order chi connectivity index (χ0) is 70.0. The van der Waals surface area contributed by atoms with E-state index in [4.69, 9.17) is 9.29 Å². The number of benzene rings is 6. The number of phenols is 2. The van der Waals surface area contributed by atoms with E-state index in [-0.39, 0.29) is 45.9 Å². The number of halogens is 1. The Morgan fingerprint density at radius 3 is 1.35 bits per heavy atom. The van der Waals surface area contributed by atoms with Crippen molar-refractivity contribution in [3.63, 3.8) is 0 Å². The molecule has 16 rings (SSSR count). The number of aromatic hydroxyl groups is 2. The Kier molecular flexibility index (Phi) is 17.8. The molecule has 5 aliphatic rings. The Morgan fingerprint density at radius 2 is 0.887 bits per heavy atom. The number of carbonyl (C=O) groups is 8. The predicted octanol–water partition coefficient (Wildman–Crippen LogP) is 11.6. The predicted molar refractivity (Wildman–Crippen MR) is 355 cm³/mol. The summed E-state index contributed by atoms with van der Waals surface area (Å²) in [6.45, 7) is 16.9. The Labute approximate surface area is 552 Å². The molecule has 0 radical (unpaired) electrons. The molecule has 26 heteroatoms. The smallest absolute Gasteiger partial charge is 0.261 e. The number of hydrogen-bond acceptors (Lipinski definition) is 18. The third kappa shape index (κ3) is 12.4. The third-order valence-electron chi connectivity index (χ3n) is 16.6. The summed E-state index contributed by atoms with van der Waals surface area (Å²) in [7, 11) is -1.92. The van der Waals surface area contributed by atoms with Crippen LogP contribution in [0.25, 0.3) is 66.8 Å². The molecule has 494 valence electrons. The van der Waals surface area contributed by atoms with Crippen LogP contribution in [0, 0.1) is 12.7 Å². The second-order valence-corrected chi connectivity index (χ2v) is 26.2. The van der Waals surface area contributed by atoms with Gasteiger partial charge in [0.15, 0.2) is 11.5 Å². The SMILES string of the molecule is CC(C)c1nc2c([nH]1)C(=O)C(=O)c1cc(F)ccc1-2.CC(C)c1nc2c([nH]1)C(=O)C(=O)c1ccccc1-2.CC(C)c1nc2c([nH]1)c(O)c(O)c1ccccc12.CC1(c2nc3c([nH]2)C(=O)C(=O)c2ccccc2-3)COC1.CS(=O)(=O)O.Cc1nc2c(n1C)C(=O)C(=O)c1ccccc1-2. The number of carbonyl (C=O) groups excluding carboxylic acids is 8. The van der Waals surface area contributed by atoms with Crippen LogP contribution < -0.4 is 0 Å². The lowest BCUT2D eigenvalue weighted by atomic mass is 9.88. The molecule has 1 fully saturated rings. The van der Waals surface area contributed by atoms with E-state index in [1.807, 2.05) is 110 Å². The summed E-state index contributed by atoms with van der Waals surface area (Å²) in [6, 6.07) is 32.5. The molecule has 0 spiro atoms. The van der Waals surface area contributed by atoms with E-state index < -0.39 is 62.2 Å². The van der Waals surface area contributed by atoms with Crippen LogP contribution in [0.1, 0.15) is 179 Å². The van der Waals surface area contributed by atoms with Gasteiger partial charge in [0.2, 0.25) is 23.1 Å². The fraction of sp³-hybridized carbons (Fsp3) is 0.225. The van der Waals surface area contributed by atoms with E-state index in [0.717, 1.165) is 45.6 Å². The number of aromatic nitrogens is 10. The molecule has 97 heavy (non-hydrogen) atoms. The molecule has 4 aliphatic carbocycles. The number of aryl methyl sites for hydroxylation is 1. The average Bonchev–Trinajstić information content (AvgIpc) is 1.70. The molecular formula is C71H63FN10O14S. The monoisotopic (exact) mass is 1330 g/mol. The molecule has 5 aromatic heterocycles. The number of nitrogens with zero attached hydrogens (tertiary/aromatic N) is 6. The zero-order valence-corrected chi connectivity index (χ0v) is 54.7. The van der Waals surface area contributed by atoms with Crippen LogP contribution in [0.2, 0.25) is 0 Å². The lowest BCUT2D eigenvalue weighted by Crippen LogP contribution is -2.44. The first-order chi connectivity index (χ1) is 45.9. The molecule has 24 nitrogen and oxygen atoms in total. The van der Waals surface area contributed by atoms with Crippen LogP contribution >= 0.6 is 0 Å². The maximum atomic E-state index is 13.2. The fourth-order valence-electron chi connectivity index (χ4n) is 11.4. The Hall–Kier alpha value is -11.4. The molecule has 7 N–H and O–H groups in total. The Bertz CT molecular complexity index is 5270. The number of Topliss-reactive ketones (excluding diaryl/α,β-unsaturated/α-hetero) is 8. The summed E-state index contributed by atoms with van der Waals surface area (Å²) in [6.07, 6.45) is 0.715. The lowest BCUT2D eigenvalue weighted by Gasteiger charge is -2.36. The van der Waals surface area contributed by atoms with Gasteiger partial charge in [0.05, 0.1) is 24.9 Å². The van der Waals surface area contributed by atoms with E-state index in [1.54, 1.807) is 54.1 Å². The maximum Gasteiger partial charge on any atom is 0.261 e. The van der Waals surface area contributed by atoms with Crippen molar-refractivity contribution in [2.45, 2.75) is 78.6 Å². The van der Waals surface area contributed by atoms with Crippen LogP contribution in [0.15, 0.2) is 115 Å². The van der Waals surface area contributed by atoms with Gasteiger partial charge in [0, 0.05) is 80.1 Å². The highest BCUT2D eigenvalue weighted by atomic mass is 32.2. The zero-order valence-electron chi connectivity index (χ0n) is 53.9. The van der Waals surface area contributed by atoms with Crippen molar-refractivity contribution in [1.82, 2.24) is 49.4 Å². The lowest BCUT2D eigenvalue weighted by molar-refractivity contribution is -0.0539. The molecule has 0 saturated carbocycles. The molecule has 1 saturated heterocycles. The van der Waals surface area contributed by atoms with Gasteiger partial charge in [-0.05, 0) is 32.0 Å². The van der Waals surface area contributed by atoms with E-state index in [9.17, 15) is 61.4 Å². The highest BCUT2D eigenvalue weighted by molar-refractivity contribution is 7.85. The maximum absolute atomic E-state index is 13.2. The molecule has 11 aromatic rings. The number of aromatic amines is 4. The fourth-order valence-corrected chi connectivity index (χ4v) is 11.4. The number of fused-ring (bicyclic) bond motifs is 15. The van der Waals surface area contributed by atoms with Crippen LogP contribution in [-0.2, 0) is 27.3 Å². The van der Waals surface area contributed by atoms with Crippen LogP contribution in [0.4, 0.5) is 4.39 Å². The second-order valence-electron chi connectivity index (χ2n) is 24.7. The minimum absolute atomic E-state index is 0.0827. The summed E-state index contributed by atoms with van der Waals surface area (Å²) in [5, 5.41) is 21.5. The van der Waals surface area contributed by atoms with E-state index >= 15 is 0 Å². The normalized spacial score (nSPS) is 14.3. The summed E-state index contributed by atoms with van der Waals surface area (Å²) >= 11 is 0. The van der Waals surface area contributed by atoms with Gasteiger partial charge in [0.1, 0.15) is 91.5 Å². The summed E-state index contributed by atoms with van der Waals surface area (Å²) in [4.78, 5) is 130. The van der Waals surface area contributed by atoms with Gasteiger partial charge in [-0.3, -0.25) is 42.9 Å². The molecule has 6 aromatic carbocycles. The highest BCUT2D eigenvalue weighted by Crippen LogP contribution is 2.42. The minimum Gasteiger partial charge on any atom is -0.504 e. The standard InChI is InChI=1S/C15H12N2O3.C14H11FN2O2.C14H14N2O2.C14H12N2O2.C13H10N2O2.CH4O3S/c1-15(6-20-7-15)14-16-10-8-4-2-3-5-9(8)12(18)13(19)11(10)17-14;1-6(2)14-16-10-8-4-3-7(15)5-9(8)12(18)13(19)11(10)17-14;2*1-7(2)14-15-10-8-5-3-4-6-9(8)12(17)13(18)11(10)16-14;1-7-14-10-8-5-3-4-6-9(8)12(16)13(17)11(10)15(7)2;1-5(2,3)4/h2-5H,6-7H2,1H3,(H,16,17);3-6H,1-2H3,(H,16,17);3-7,17-18H,1-2H3,(H,15,16);3-7H,1-2H3,(H,15,16);3-6H,1-2H3;1H3,(H,2,3,4). The van der Waals surface area contributed by atoms with E-state index in [0.29, 0.717) is 110 Å². The number of phenolic OH excluding ortho intramolecular Hbond substituents is 2. The van der Waals surface area contributed by atoms with E-state index in [2.05, 4.69) is 44.9 Å². The topological polar surface area (TPSA) is 373 Å². The molecule has 6 heterocycles. The van der Waals surface area contributed by atoms with Crippen LogP contribution in [0.5, 0.6) is 11.5 Å². The summed E-state index contributed by atoms with van der Waals surface area (Å²) in [5.74, 6) is -0.841. The molecular weight excluding hydrogens is 1270 g/mol. The first kappa shape index (κ1) is 67.1. The Morgan fingerprint density at radius 1 is 0.495 bits per heavy atom. The van der Waals surface area contributed by atoms with Crippen LogP contribution in [0.3, 0.4) is 0 Å². The molecule has 0 amide bonds. The van der Waals surface area contributed by atoms with Crippen molar-refractivity contribution in [1.29, 1.82) is 0 Å². The molecule has 0 atom stereocenters. The van der Waals surface area contributed by atoms with Crippen LogP contribution in [-0.4, -0.2) is 138 Å². The quantitative estimate of drug-likeness (QED) is 0.0489. The number of ether oxygens (including phenoxy) is 1. The largest absolute Gasteiger partial charge is 0.504 e. The van der Waals surface area contributed by atoms with Crippen molar-refractivity contribution in [2.24, 2.45) is 7.05 Å². The number of rotatable bonds is 4. The van der Waals surface area contributed by atoms with Gasteiger partial charge in [-0.2, -0.15) is 8.42 Å². The Balaban J connectivity index is 0.000000121. The van der Waals surface area contributed by atoms with Crippen molar-refractivity contribution in [3.05, 3.63) is 195 Å². The first-order valence-electron chi connectivity index (χ1n) is 30.5. The number of hydrogen-bond donors (Lipinski definition) is 7. The minimum atomic E-state index is -3.67. The summed E-state index contributed by atoms with van der Waals surface area (Å²) < 4.78 is 46.0. The molecule has 1 aliphatic heterocycles. The van der Waals surface area contributed by atoms with Gasteiger partial charge in [-0.25, -0.2) is 29.3 Å². The number of H-pyrrole nitrogens is 4. The average molecular weight is 1330 g/mol. The highest BCUT2D eigenvalue weighted by Gasteiger charge is 2.42. The van der Waals surface area contributed by atoms with Crippen molar-refractivity contribution in [2.75, 3.05) is 19.5 Å². The van der Waals surface area contributed by atoms with Gasteiger partial charge in [0.25, 0.3) is 33.3 Å². The van der Waals surface area contributed by atoms with Crippen molar-refractivity contribution >= 4 is 78.2 Å². The number of imidazole rings is 5. The van der Waals surface area contributed by atoms with Crippen molar-refractivity contribution in [3.8, 4) is 56.5 Å². The van der Waals surface area contributed by atoms with Gasteiger partial charge >= 0.3 is 0 Å². The first-order valence-corrected chi connectivity index (χ1v) is 32.3. The molecule has 0 unspecified atom stereocenters. The summed E-state index contributed by atoms with van der Waals surface area (Å²) in [5.41, 5.74) is 8.55. The van der Waals surface area contributed by atoms with Gasteiger partial charge in [-0.15, -0.1) is 0 Å². The third-order valence-corrected chi connectivity index (χ3v) is 16.6.